The number of rotatable bonds is 5. The summed E-state index contributed by atoms with van der Waals surface area (Å²) in [5, 5.41) is 14.2. The number of aliphatic hydroxyl groups excluding tert-OH is 1. The van der Waals surface area contributed by atoms with E-state index in [0.717, 1.165) is 55.3 Å². The van der Waals surface area contributed by atoms with Gasteiger partial charge in [-0.15, -0.1) is 0 Å². The van der Waals surface area contributed by atoms with Crippen molar-refractivity contribution in [2.75, 3.05) is 19.6 Å². The first-order valence-corrected chi connectivity index (χ1v) is 7.85. The summed E-state index contributed by atoms with van der Waals surface area (Å²) in [7, 11) is 0. The van der Waals surface area contributed by atoms with E-state index < -0.39 is 0 Å². The van der Waals surface area contributed by atoms with Gasteiger partial charge in [0, 0.05) is 55.8 Å². The number of aryl methyl sites for hydroxylation is 2. The Hall–Kier alpha value is -1.72. The highest BCUT2D eigenvalue weighted by molar-refractivity contribution is 5.10. The highest BCUT2D eigenvalue weighted by atomic mass is 16.5. The second kappa shape index (κ2) is 6.58. The molecule has 2 aromatic heterocycles. The van der Waals surface area contributed by atoms with Gasteiger partial charge < -0.3 is 9.63 Å². The summed E-state index contributed by atoms with van der Waals surface area (Å²) < 4.78 is 5.26. The van der Waals surface area contributed by atoms with Crippen molar-refractivity contribution < 1.29 is 9.63 Å². The Labute approximate surface area is 131 Å². The van der Waals surface area contributed by atoms with Crippen molar-refractivity contribution in [3.63, 3.8) is 0 Å². The highest BCUT2D eigenvalue weighted by Gasteiger charge is 2.31. The Morgan fingerprint density at radius 3 is 2.86 bits per heavy atom. The number of pyridine rings is 1. The smallest absolute Gasteiger partial charge is 0.137 e. The summed E-state index contributed by atoms with van der Waals surface area (Å²) in [5.74, 6) is 1.08. The van der Waals surface area contributed by atoms with Gasteiger partial charge in [-0.1, -0.05) is 11.2 Å². The molecule has 1 aliphatic heterocycles. The standard InChI is InChI=1S/C17H23N3O2/c1-12-4-3-5-15(18-12)6-7-20-10-14(17(21)11-20)9-16-8-13(2)19-22-16/h3-5,8,14,17,21H,6-7,9-11H2,1-2H3/t14-,17-/m1/s1. The fourth-order valence-electron chi connectivity index (χ4n) is 3.11. The number of hydrogen-bond acceptors (Lipinski definition) is 5. The molecule has 2 aromatic rings. The zero-order valence-electron chi connectivity index (χ0n) is 13.2. The van der Waals surface area contributed by atoms with E-state index >= 15 is 0 Å². The zero-order valence-corrected chi connectivity index (χ0v) is 13.2. The number of likely N-dealkylation sites (tertiary alicyclic amines) is 1. The Bertz CT molecular complexity index is 626. The van der Waals surface area contributed by atoms with Gasteiger partial charge in [-0.3, -0.25) is 9.88 Å². The third-order valence-corrected chi connectivity index (χ3v) is 4.25. The van der Waals surface area contributed by atoms with Gasteiger partial charge in [0.25, 0.3) is 0 Å². The minimum absolute atomic E-state index is 0.220. The molecule has 1 saturated heterocycles. The van der Waals surface area contributed by atoms with Crippen LogP contribution in [0.25, 0.3) is 0 Å². The fraction of sp³-hybridized carbons (Fsp3) is 0.529. The molecule has 1 fully saturated rings. The lowest BCUT2D eigenvalue weighted by Gasteiger charge is -2.14. The zero-order chi connectivity index (χ0) is 15.5. The highest BCUT2D eigenvalue weighted by Crippen LogP contribution is 2.22. The monoisotopic (exact) mass is 301 g/mol. The molecule has 0 aromatic carbocycles. The molecular weight excluding hydrogens is 278 g/mol. The Morgan fingerprint density at radius 1 is 1.27 bits per heavy atom. The first-order valence-electron chi connectivity index (χ1n) is 7.85. The summed E-state index contributed by atoms with van der Waals surface area (Å²) in [6.45, 7) is 6.48. The second-order valence-electron chi connectivity index (χ2n) is 6.25. The molecule has 22 heavy (non-hydrogen) atoms. The van der Waals surface area contributed by atoms with Gasteiger partial charge in [-0.2, -0.15) is 0 Å². The number of hydrogen-bond donors (Lipinski definition) is 1. The van der Waals surface area contributed by atoms with Crippen molar-refractivity contribution in [1.29, 1.82) is 0 Å². The fourth-order valence-corrected chi connectivity index (χ4v) is 3.11. The molecule has 0 radical (unpaired) electrons. The molecule has 118 valence electrons. The topological polar surface area (TPSA) is 62.4 Å². The van der Waals surface area contributed by atoms with Gasteiger partial charge in [-0.25, -0.2) is 0 Å². The summed E-state index contributed by atoms with van der Waals surface area (Å²) >= 11 is 0. The van der Waals surface area contributed by atoms with Crippen LogP contribution >= 0.6 is 0 Å². The van der Waals surface area contributed by atoms with E-state index in [2.05, 4.69) is 21.1 Å². The van der Waals surface area contributed by atoms with E-state index in [4.69, 9.17) is 4.52 Å². The van der Waals surface area contributed by atoms with Gasteiger partial charge in [-0.05, 0) is 26.0 Å². The van der Waals surface area contributed by atoms with Crippen LogP contribution in [0, 0.1) is 19.8 Å². The molecule has 5 nitrogen and oxygen atoms in total. The van der Waals surface area contributed by atoms with Crippen LogP contribution in [0.5, 0.6) is 0 Å². The van der Waals surface area contributed by atoms with Crippen LogP contribution in [0.1, 0.15) is 22.8 Å². The lowest BCUT2D eigenvalue weighted by molar-refractivity contribution is 0.138. The average molecular weight is 301 g/mol. The van der Waals surface area contributed by atoms with Crippen LogP contribution < -0.4 is 0 Å². The molecule has 0 unspecified atom stereocenters. The lowest BCUT2D eigenvalue weighted by atomic mass is 10.0. The SMILES string of the molecule is Cc1cc(C[C@@H]2CN(CCc3cccc(C)n3)C[C@H]2O)on1. The van der Waals surface area contributed by atoms with Gasteiger partial charge in [0.15, 0.2) is 0 Å². The molecule has 3 rings (SSSR count). The van der Waals surface area contributed by atoms with Crippen molar-refractivity contribution in [2.24, 2.45) is 5.92 Å². The summed E-state index contributed by atoms with van der Waals surface area (Å²) in [6, 6.07) is 8.07. The quantitative estimate of drug-likeness (QED) is 0.912. The van der Waals surface area contributed by atoms with Crippen LogP contribution in [0.15, 0.2) is 28.8 Å². The maximum atomic E-state index is 10.2. The Balaban J connectivity index is 1.52. The lowest BCUT2D eigenvalue weighted by Crippen LogP contribution is -2.24. The second-order valence-corrected chi connectivity index (χ2v) is 6.25. The maximum Gasteiger partial charge on any atom is 0.137 e. The molecule has 1 N–H and O–H groups in total. The van der Waals surface area contributed by atoms with E-state index in [1.807, 2.05) is 32.0 Å². The van der Waals surface area contributed by atoms with Gasteiger partial charge in [0.2, 0.25) is 0 Å². The van der Waals surface area contributed by atoms with Crippen LogP contribution in [0.4, 0.5) is 0 Å². The first-order chi connectivity index (χ1) is 10.6. The molecule has 0 aliphatic carbocycles. The van der Waals surface area contributed by atoms with E-state index in [9.17, 15) is 5.11 Å². The van der Waals surface area contributed by atoms with Crippen molar-refractivity contribution >= 4 is 0 Å². The Kier molecular flexibility index (Phi) is 4.55. The van der Waals surface area contributed by atoms with Crippen molar-refractivity contribution in [3.8, 4) is 0 Å². The predicted octanol–water partition coefficient (Wildman–Crippen LogP) is 1.76. The third-order valence-electron chi connectivity index (χ3n) is 4.25. The summed E-state index contributed by atoms with van der Waals surface area (Å²) in [5.41, 5.74) is 3.06. The van der Waals surface area contributed by atoms with Gasteiger partial charge in [0.1, 0.15) is 5.76 Å². The minimum atomic E-state index is -0.295. The molecule has 0 amide bonds. The molecule has 0 bridgehead atoms. The predicted molar refractivity (Wildman–Crippen MR) is 83.6 cm³/mol. The first kappa shape index (κ1) is 15.2. The number of nitrogens with zero attached hydrogens (tertiary/aromatic N) is 3. The van der Waals surface area contributed by atoms with Crippen LogP contribution in [-0.4, -0.2) is 45.9 Å². The van der Waals surface area contributed by atoms with Gasteiger partial charge in [0.05, 0.1) is 11.8 Å². The molecule has 0 saturated carbocycles. The maximum absolute atomic E-state index is 10.2. The van der Waals surface area contributed by atoms with E-state index in [1.54, 1.807) is 0 Å². The molecule has 0 spiro atoms. The average Bonchev–Trinajstić information content (AvgIpc) is 3.04. The molecule has 3 heterocycles. The van der Waals surface area contributed by atoms with Gasteiger partial charge >= 0.3 is 0 Å². The van der Waals surface area contributed by atoms with Crippen molar-refractivity contribution in [1.82, 2.24) is 15.0 Å². The van der Waals surface area contributed by atoms with Crippen LogP contribution in [0.2, 0.25) is 0 Å². The number of aromatic nitrogens is 2. The van der Waals surface area contributed by atoms with Crippen LogP contribution in [0.3, 0.4) is 0 Å². The Morgan fingerprint density at radius 2 is 2.14 bits per heavy atom. The normalized spacial score (nSPS) is 22.3. The van der Waals surface area contributed by atoms with Crippen LogP contribution in [-0.2, 0) is 12.8 Å². The van der Waals surface area contributed by atoms with Crippen molar-refractivity contribution in [3.05, 3.63) is 47.1 Å². The largest absolute Gasteiger partial charge is 0.391 e. The van der Waals surface area contributed by atoms with Crippen molar-refractivity contribution in [2.45, 2.75) is 32.8 Å². The van der Waals surface area contributed by atoms with E-state index in [1.165, 1.54) is 0 Å². The number of β-amino-alcohol motifs (C(OH)–C–C–N with tert-alkyl or cyclic N) is 1. The molecule has 5 heteroatoms. The molecular formula is C17H23N3O2. The minimum Gasteiger partial charge on any atom is -0.391 e. The number of aliphatic hydroxyl groups is 1. The third kappa shape index (κ3) is 3.72. The molecule has 2 atom stereocenters. The summed E-state index contributed by atoms with van der Waals surface area (Å²) in [4.78, 5) is 6.84. The summed E-state index contributed by atoms with van der Waals surface area (Å²) in [6.07, 6.45) is 1.37. The molecule has 1 aliphatic rings. The van der Waals surface area contributed by atoms with E-state index in [0.29, 0.717) is 0 Å². The van der Waals surface area contributed by atoms with E-state index in [-0.39, 0.29) is 12.0 Å².